The van der Waals surface area contributed by atoms with Crippen molar-refractivity contribution in [2.75, 3.05) is 18.0 Å². The number of benzene rings is 2. The van der Waals surface area contributed by atoms with Gasteiger partial charge in [0.2, 0.25) is 0 Å². The fourth-order valence-electron chi connectivity index (χ4n) is 3.78. The molecule has 2 aromatic rings. The number of nitrogens with zero attached hydrogens (tertiary/aromatic N) is 2. The molecule has 1 fully saturated rings. The van der Waals surface area contributed by atoms with Crippen LogP contribution in [0.15, 0.2) is 47.6 Å². The van der Waals surface area contributed by atoms with Gasteiger partial charge in [-0.2, -0.15) is 5.10 Å². The summed E-state index contributed by atoms with van der Waals surface area (Å²) in [5, 5.41) is 6.93. The van der Waals surface area contributed by atoms with Crippen LogP contribution < -0.4 is 15.6 Å². The zero-order chi connectivity index (χ0) is 22.4. The predicted molar refractivity (Wildman–Crippen MR) is 126 cm³/mol. The molecule has 0 aromatic heterocycles. The molecule has 1 saturated heterocycles. The zero-order valence-corrected chi connectivity index (χ0v) is 18.8. The molecule has 0 aliphatic carbocycles. The van der Waals surface area contributed by atoms with Gasteiger partial charge in [-0.1, -0.05) is 37.6 Å². The predicted octanol–water partition coefficient (Wildman–Crippen LogP) is 3.81. The van der Waals surface area contributed by atoms with Gasteiger partial charge in [0, 0.05) is 24.3 Å². The normalized spacial score (nSPS) is 14.8. The molecule has 0 spiro atoms. The van der Waals surface area contributed by atoms with E-state index in [4.69, 9.17) is 0 Å². The summed E-state index contributed by atoms with van der Waals surface area (Å²) in [6.45, 7) is 10.1. The average molecular weight is 421 g/mol. The molecule has 1 unspecified atom stereocenters. The van der Waals surface area contributed by atoms with E-state index in [1.165, 1.54) is 24.1 Å². The van der Waals surface area contributed by atoms with E-state index < -0.39 is 6.04 Å². The molecule has 0 saturated carbocycles. The van der Waals surface area contributed by atoms with Gasteiger partial charge in [-0.15, -0.1) is 0 Å². The number of hydrogen-bond acceptors (Lipinski definition) is 4. The number of carbonyl (C=O) groups excluding carboxylic acids is 2. The van der Waals surface area contributed by atoms with Crippen molar-refractivity contribution in [2.45, 2.75) is 46.6 Å². The van der Waals surface area contributed by atoms with E-state index in [1.54, 1.807) is 18.3 Å². The van der Waals surface area contributed by atoms with Crippen LogP contribution in [0.5, 0.6) is 0 Å². The first-order valence-electron chi connectivity index (χ1n) is 10.9. The molecular weight excluding hydrogens is 388 g/mol. The monoisotopic (exact) mass is 420 g/mol. The van der Waals surface area contributed by atoms with Crippen LogP contribution in [0.25, 0.3) is 0 Å². The van der Waals surface area contributed by atoms with Crippen molar-refractivity contribution >= 4 is 23.7 Å². The summed E-state index contributed by atoms with van der Waals surface area (Å²) >= 11 is 0. The van der Waals surface area contributed by atoms with Gasteiger partial charge in [-0.3, -0.25) is 9.59 Å². The van der Waals surface area contributed by atoms with Crippen LogP contribution >= 0.6 is 0 Å². The van der Waals surface area contributed by atoms with Crippen LogP contribution in [0.2, 0.25) is 0 Å². The highest BCUT2D eigenvalue weighted by Gasteiger charge is 2.24. The van der Waals surface area contributed by atoms with Gasteiger partial charge in [0.05, 0.1) is 6.21 Å². The summed E-state index contributed by atoms with van der Waals surface area (Å²) in [6.07, 6.45) is 4.12. The van der Waals surface area contributed by atoms with Crippen LogP contribution in [-0.4, -0.2) is 37.2 Å². The maximum atomic E-state index is 12.6. The van der Waals surface area contributed by atoms with Crippen LogP contribution in [0.3, 0.4) is 0 Å². The Kier molecular flexibility index (Phi) is 7.45. The molecular formula is C25H32N4O2. The third-order valence-electron chi connectivity index (χ3n) is 5.61. The standard InChI is InChI=1S/C25H32N4O2/c1-17(2)23(27-24(30)21-10-7-18(3)8-11-21)25(31)28-26-16-20-9-12-22(19(4)15-20)29-13-5-6-14-29/h7-12,15-17,23H,5-6,13-14H2,1-4H3,(H,27,30)(H,28,31). The first-order chi connectivity index (χ1) is 14.8. The maximum Gasteiger partial charge on any atom is 0.262 e. The molecule has 1 heterocycles. The van der Waals surface area contributed by atoms with Crippen molar-refractivity contribution in [2.24, 2.45) is 11.0 Å². The number of hydrogen-bond donors (Lipinski definition) is 2. The Morgan fingerprint density at radius 1 is 1.03 bits per heavy atom. The van der Waals surface area contributed by atoms with Gasteiger partial charge in [0.15, 0.2) is 0 Å². The number of anilines is 1. The molecule has 2 aromatic carbocycles. The molecule has 6 nitrogen and oxygen atoms in total. The Hall–Kier alpha value is -3.15. The summed E-state index contributed by atoms with van der Waals surface area (Å²) in [5.41, 5.74) is 7.56. The van der Waals surface area contributed by atoms with Gasteiger partial charge in [-0.05, 0) is 68.0 Å². The second-order valence-corrected chi connectivity index (χ2v) is 8.54. The van der Waals surface area contributed by atoms with E-state index in [0.717, 1.165) is 24.2 Å². The van der Waals surface area contributed by atoms with Crippen molar-refractivity contribution in [3.63, 3.8) is 0 Å². The molecule has 1 atom stereocenters. The Labute approximate surface area is 184 Å². The number of carbonyl (C=O) groups is 2. The van der Waals surface area contributed by atoms with Gasteiger partial charge >= 0.3 is 0 Å². The minimum absolute atomic E-state index is 0.0772. The first kappa shape index (κ1) is 22.5. The molecule has 6 heteroatoms. The largest absolute Gasteiger partial charge is 0.371 e. The fourth-order valence-corrected chi connectivity index (χ4v) is 3.78. The number of nitrogens with one attached hydrogen (secondary N) is 2. The molecule has 1 aliphatic heterocycles. The van der Waals surface area contributed by atoms with Crippen molar-refractivity contribution < 1.29 is 9.59 Å². The molecule has 2 N–H and O–H groups in total. The summed E-state index contributed by atoms with van der Waals surface area (Å²) in [7, 11) is 0. The number of rotatable bonds is 7. The van der Waals surface area contributed by atoms with E-state index >= 15 is 0 Å². The zero-order valence-electron chi connectivity index (χ0n) is 18.8. The van der Waals surface area contributed by atoms with Crippen LogP contribution in [0.4, 0.5) is 5.69 Å². The Bertz CT molecular complexity index is 944. The SMILES string of the molecule is Cc1ccc(C(=O)NC(C(=O)NN=Cc2ccc(N3CCCC3)c(C)c2)C(C)C)cc1. The molecule has 164 valence electrons. The number of aryl methyl sites for hydroxylation is 2. The van der Waals surface area contributed by atoms with Crippen LogP contribution in [0.1, 0.15) is 53.7 Å². The summed E-state index contributed by atoms with van der Waals surface area (Å²) < 4.78 is 0. The summed E-state index contributed by atoms with van der Waals surface area (Å²) in [6, 6.07) is 12.8. The van der Waals surface area contributed by atoms with Crippen LogP contribution in [0, 0.1) is 19.8 Å². The van der Waals surface area contributed by atoms with Crippen molar-refractivity contribution in [3.8, 4) is 0 Å². The minimum Gasteiger partial charge on any atom is -0.371 e. The van der Waals surface area contributed by atoms with Crippen LogP contribution in [-0.2, 0) is 4.79 Å². The maximum absolute atomic E-state index is 12.6. The Morgan fingerprint density at radius 3 is 2.32 bits per heavy atom. The van der Waals surface area contributed by atoms with Crippen molar-refractivity contribution in [3.05, 3.63) is 64.7 Å². The molecule has 0 radical (unpaired) electrons. The quantitative estimate of drug-likeness (QED) is 0.528. The lowest BCUT2D eigenvalue weighted by Gasteiger charge is -2.21. The summed E-state index contributed by atoms with van der Waals surface area (Å²) in [4.78, 5) is 27.6. The molecule has 1 aliphatic rings. The second kappa shape index (κ2) is 10.2. The lowest BCUT2D eigenvalue weighted by molar-refractivity contribution is -0.123. The number of amides is 2. The second-order valence-electron chi connectivity index (χ2n) is 8.54. The minimum atomic E-state index is -0.676. The van der Waals surface area contributed by atoms with Gasteiger partial charge < -0.3 is 10.2 Å². The Balaban J connectivity index is 1.60. The highest BCUT2D eigenvalue weighted by molar-refractivity contribution is 5.97. The smallest absolute Gasteiger partial charge is 0.262 e. The molecule has 0 bridgehead atoms. The van der Waals surface area contributed by atoms with E-state index in [9.17, 15) is 9.59 Å². The topological polar surface area (TPSA) is 73.8 Å². The highest BCUT2D eigenvalue weighted by Crippen LogP contribution is 2.24. The lowest BCUT2D eigenvalue weighted by Crippen LogP contribution is -2.48. The first-order valence-corrected chi connectivity index (χ1v) is 10.9. The molecule has 31 heavy (non-hydrogen) atoms. The van der Waals surface area contributed by atoms with E-state index in [1.807, 2.05) is 39.0 Å². The third kappa shape index (κ3) is 5.94. The van der Waals surface area contributed by atoms with Gasteiger partial charge in [0.25, 0.3) is 11.8 Å². The third-order valence-corrected chi connectivity index (χ3v) is 5.61. The van der Waals surface area contributed by atoms with E-state index in [-0.39, 0.29) is 17.7 Å². The van der Waals surface area contributed by atoms with Gasteiger partial charge in [-0.25, -0.2) is 5.43 Å². The van der Waals surface area contributed by atoms with Crippen molar-refractivity contribution in [1.82, 2.24) is 10.7 Å². The Morgan fingerprint density at radius 2 is 1.71 bits per heavy atom. The van der Waals surface area contributed by atoms with Crippen molar-refractivity contribution in [1.29, 1.82) is 0 Å². The summed E-state index contributed by atoms with van der Waals surface area (Å²) in [5.74, 6) is -0.685. The number of hydrazone groups is 1. The highest BCUT2D eigenvalue weighted by atomic mass is 16.2. The lowest BCUT2D eigenvalue weighted by atomic mass is 10.0. The van der Waals surface area contributed by atoms with E-state index in [2.05, 4.69) is 39.8 Å². The van der Waals surface area contributed by atoms with E-state index in [0.29, 0.717) is 5.56 Å². The van der Waals surface area contributed by atoms with Gasteiger partial charge in [0.1, 0.15) is 6.04 Å². The molecule has 3 rings (SSSR count). The average Bonchev–Trinajstić information content (AvgIpc) is 3.26. The fraction of sp³-hybridized carbons (Fsp3) is 0.400. The molecule has 2 amide bonds.